The zero-order valence-electron chi connectivity index (χ0n) is 8.37. The van der Waals surface area contributed by atoms with E-state index in [1.54, 1.807) is 0 Å². The van der Waals surface area contributed by atoms with Gasteiger partial charge in [-0.2, -0.15) is 0 Å². The van der Waals surface area contributed by atoms with Gasteiger partial charge in [0.2, 0.25) is 5.91 Å². The Morgan fingerprint density at radius 3 is 2.71 bits per heavy atom. The maximum Gasteiger partial charge on any atom is 0.224 e. The number of aliphatic hydroxyl groups excluding tert-OH is 1. The SMILES string of the molecule is O=C(CCOCCO)N1CCNCC1. The van der Waals surface area contributed by atoms with Crippen LogP contribution < -0.4 is 5.32 Å². The molecular weight excluding hydrogens is 184 g/mol. The normalized spacial score (nSPS) is 17.1. The van der Waals surface area contributed by atoms with Gasteiger partial charge in [-0.15, -0.1) is 0 Å². The van der Waals surface area contributed by atoms with Crippen molar-refractivity contribution in [2.45, 2.75) is 6.42 Å². The van der Waals surface area contributed by atoms with Crippen molar-refractivity contribution in [2.24, 2.45) is 0 Å². The molecule has 1 rings (SSSR count). The van der Waals surface area contributed by atoms with Gasteiger partial charge in [0, 0.05) is 26.2 Å². The third-order valence-electron chi connectivity index (χ3n) is 2.17. The molecule has 82 valence electrons. The molecule has 0 bridgehead atoms. The van der Waals surface area contributed by atoms with Gasteiger partial charge in [0.1, 0.15) is 0 Å². The summed E-state index contributed by atoms with van der Waals surface area (Å²) in [6.45, 7) is 4.07. The van der Waals surface area contributed by atoms with Gasteiger partial charge in [0.05, 0.1) is 26.2 Å². The highest BCUT2D eigenvalue weighted by Crippen LogP contribution is 1.97. The summed E-state index contributed by atoms with van der Waals surface area (Å²) in [6.07, 6.45) is 0.417. The quantitative estimate of drug-likeness (QED) is 0.551. The molecule has 2 N–H and O–H groups in total. The third-order valence-corrected chi connectivity index (χ3v) is 2.17. The molecule has 1 amide bonds. The first-order valence-corrected chi connectivity index (χ1v) is 5.01. The molecule has 0 aromatic heterocycles. The largest absolute Gasteiger partial charge is 0.394 e. The van der Waals surface area contributed by atoms with E-state index < -0.39 is 0 Å². The highest BCUT2D eigenvalue weighted by atomic mass is 16.5. The molecule has 0 aromatic rings. The first-order valence-electron chi connectivity index (χ1n) is 5.01. The van der Waals surface area contributed by atoms with Gasteiger partial charge in [0.25, 0.3) is 0 Å². The smallest absolute Gasteiger partial charge is 0.224 e. The second-order valence-electron chi connectivity index (χ2n) is 3.22. The molecule has 5 nitrogen and oxygen atoms in total. The van der Waals surface area contributed by atoms with Crippen LogP contribution in [0.15, 0.2) is 0 Å². The summed E-state index contributed by atoms with van der Waals surface area (Å²) < 4.78 is 5.03. The lowest BCUT2D eigenvalue weighted by molar-refractivity contribution is -0.133. The van der Waals surface area contributed by atoms with Crippen LogP contribution in [0.25, 0.3) is 0 Å². The number of rotatable bonds is 5. The molecule has 1 heterocycles. The zero-order chi connectivity index (χ0) is 10.2. The standard InChI is InChI=1S/C9H18N2O3/c12-6-8-14-7-1-9(13)11-4-2-10-3-5-11/h10,12H,1-8H2. The second-order valence-corrected chi connectivity index (χ2v) is 3.22. The van der Waals surface area contributed by atoms with Gasteiger partial charge in [0.15, 0.2) is 0 Å². The van der Waals surface area contributed by atoms with E-state index in [2.05, 4.69) is 5.32 Å². The van der Waals surface area contributed by atoms with Crippen molar-refractivity contribution in [3.05, 3.63) is 0 Å². The highest BCUT2D eigenvalue weighted by Gasteiger charge is 2.15. The van der Waals surface area contributed by atoms with Crippen LogP contribution in [-0.4, -0.2) is 61.9 Å². The number of nitrogens with zero attached hydrogens (tertiary/aromatic N) is 1. The summed E-state index contributed by atoms with van der Waals surface area (Å²) >= 11 is 0. The average Bonchev–Trinajstić information content (AvgIpc) is 2.25. The van der Waals surface area contributed by atoms with Gasteiger partial charge in [-0.1, -0.05) is 0 Å². The molecule has 1 aliphatic rings. The number of aliphatic hydroxyl groups is 1. The molecule has 5 heteroatoms. The van der Waals surface area contributed by atoms with Crippen LogP contribution in [0.5, 0.6) is 0 Å². The Labute approximate surface area is 84.0 Å². The Morgan fingerprint density at radius 2 is 2.07 bits per heavy atom. The summed E-state index contributed by atoms with van der Waals surface area (Å²) in [5, 5.41) is 11.6. The van der Waals surface area contributed by atoms with Crippen LogP contribution in [0, 0.1) is 0 Å². The number of amides is 1. The van der Waals surface area contributed by atoms with E-state index >= 15 is 0 Å². The number of nitrogens with one attached hydrogen (secondary N) is 1. The molecule has 14 heavy (non-hydrogen) atoms. The molecule has 0 spiro atoms. The lowest BCUT2D eigenvalue weighted by atomic mass is 10.3. The van der Waals surface area contributed by atoms with Crippen LogP contribution in [0.4, 0.5) is 0 Å². The molecular formula is C9H18N2O3. The number of carbonyl (C=O) groups is 1. The van der Waals surface area contributed by atoms with Crippen molar-refractivity contribution in [1.29, 1.82) is 0 Å². The van der Waals surface area contributed by atoms with E-state index in [1.807, 2.05) is 4.90 Å². The van der Waals surface area contributed by atoms with Crippen LogP contribution >= 0.6 is 0 Å². The Morgan fingerprint density at radius 1 is 1.36 bits per heavy atom. The topological polar surface area (TPSA) is 61.8 Å². The summed E-state index contributed by atoms with van der Waals surface area (Å²) in [4.78, 5) is 13.4. The molecule has 0 radical (unpaired) electrons. The monoisotopic (exact) mass is 202 g/mol. The van der Waals surface area contributed by atoms with Crippen molar-refractivity contribution >= 4 is 5.91 Å². The minimum absolute atomic E-state index is 0.0157. The van der Waals surface area contributed by atoms with Crippen LogP contribution in [-0.2, 0) is 9.53 Å². The maximum absolute atomic E-state index is 11.5. The predicted octanol–water partition coefficient (Wildman–Crippen LogP) is -1.18. The van der Waals surface area contributed by atoms with E-state index in [4.69, 9.17) is 9.84 Å². The van der Waals surface area contributed by atoms with Gasteiger partial charge in [-0.25, -0.2) is 0 Å². The van der Waals surface area contributed by atoms with Crippen molar-refractivity contribution in [2.75, 3.05) is 46.0 Å². The Kier molecular flexibility index (Phi) is 5.51. The molecule has 1 fully saturated rings. The first kappa shape index (κ1) is 11.4. The maximum atomic E-state index is 11.5. The third kappa shape index (κ3) is 4.04. The van der Waals surface area contributed by atoms with Crippen LogP contribution in [0.1, 0.15) is 6.42 Å². The van der Waals surface area contributed by atoms with E-state index in [0.717, 1.165) is 26.2 Å². The van der Waals surface area contributed by atoms with Crippen molar-refractivity contribution in [1.82, 2.24) is 10.2 Å². The van der Waals surface area contributed by atoms with E-state index in [1.165, 1.54) is 0 Å². The van der Waals surface area contributed by atoms with Crippen molar-refractivity contribution < 1.29 is 14.6 Å². The molecule has 0 saturated carbocycles. The molecule has 0 aromatic carbocycles. The zero-order valence-corrected chi connectivity index (χ0v) is 8.37. The molecule has 0 aliphatic carbocycles. The van der Waals surface area contributed by atoms with Gasteiger partial charge >= 0.3 is 0 Å². The van der Waals surface area contributed by atoms with Crippen molar-refractivity contribution in [3.63, 3.8) is 0 Å². The number of hydrogen-bond acceptors (Lipinski definition) is 4. The number of hydrogen-bond donors (Lipinski definition) is 2. The van der Waals surface area contributed by atoms with E-state index in [0.29, 0.717) is 19.6 Å². The first-order chi connectivity index (χ1) is 6.84. The number of carbonyl (C=O) groups excluding carboxylic acids is 1. The minimum Gasteiger partial charge on any atom is -0.394 e. The highest BCUT2D eigenvalue weighted by molar-refractivity contribution is 5.76. The van der Waals surface area contributed by atoms with Gasteiger partial charge in [-0.3, -0.25) is 4.79 Å². The van der Waals surface area contributed by atoms with Crippen LogP contribution in [0.2, 0.25) is 0 Å². The lowest BCUT2D eigenvalue weighted by Gasteiger charge is -2.27. The molecule has 1 saturated heterocycles. The second kappa shape index (κ2) is 6.75. The number of piperazine rings is 1. The summed E-state index contributed by atoms with van der Waals surface area (Å²) in [5.74, 6) is 0.143. The fourth-order valence-electron chi connectivity index (χ4n) is 1.40. The molecule has 1 aliphatic heterocycles. The molecule has 0 unspecified atom stereocenters. The summed E-state index contributed by atoms with van der Waals surface area (Å²) in [7, 11) is 0. The van der Waals surface area contributed by atoms with Gasteiger partial charge < -0.3 is 20.1 Å². The Bertz CT molecular complexity index is 169. The Balaban J connectivity index is 2.07. The van der Waals surface area contributed by atoms with Gasteiger partial charge in [-0.05, 0) is 0 Å². The molecule has 0 atom stereocenters. The Hall–Kier alpha value is -0.650. The number of ether oxygens (including phenoxy) is 1. The minimum atomic E-state index is 0.0157. The fraction of sp³-hybridized carbons (Fsp3) is 0.889. The van der Waals surface area contributed by atoms with E-state index in [9.17, 15) is 4.79 Å². The summed E-state index contributed by atoms with van der Waals surface area (Å²) in [6, 6.07) is 0. The van der Waals surface area contributed by atoms with Crippen molar-refractivity contribution in [3.8, 4) is 0 Å². The lowest BCUT2D eigenvalue weighted by Crippen LogP contribution is -2.46. The predicted molar refractivity (Wildman–Crippen MR) is 52.0 cm³/mol. The fourth-order valence-corrected chi connectivity index (χ4v) is 1.40. The average molecular weight is 202 g/mol. The van der Waals surface area contributed by atoms with E-state index in [-0.39, 0.29) is 12.5 Å². The summed E-state index contributed by atoms with van der Waals surface area (Å²) in [5.41, 5.74) is 0. The van der Waals surface area contributed by atoms with Crippen LogP contribution in [0.3, 0.4) is 0 Å².